The van der Waals surface area contributed by atoms with Gasteiger partial charge in [-0.2, -0.15) is 5.10 Å². The molecule has 0 unspecified atom stereocenters. The summed E-state index contributed by atoms with van der Waals surface area (Å²) in [4.78, 5) is 4.78. The molecule has 0 bridgehead atoms. The van der Waals surface area contributed by atoms with E-state index in [9.17, 15) is 0 Å². The Kier molecular flexibility index (Phi) is 6.31. The fourth-order valence-corrected chi connectivity index (χ4v) is 3.58. The van der Waals surface area contributed by atoms with E-state index >= 15 is 0 Å². The topological polar surface area (TPSA) is 52.0 Å². The number of ether oxygens (including phenoxy) is 1. The zero-order valence-electron chi connectivity index (χ0n) is 17.2. The summed E-state index contributed by atoms with van der Waals surface area (Å²) < 4.78 is 7.94. The van der Waals surface area contributed by atoms with Crippen LogP contribution in [0.25, 0.3) is 10.9 Å². The van der Waals surface area contributed by atoms with Gasteiger partial charge in [0.05, 0.1) is 11.7 Å². The first-order valence-corrected chi connectivity index (χ1v) is 10.4. The number of pyridine rings is 1. The zero-order valence-corrected chi connectivity index (χ0v) is 18.0. The van der Waals surface area contributed by atoms with Crippen LogP contribution in [0.3, 0.4) is 0 Å². The van der Waals surface area contributed by atoms with E-state index in [4.69, 9.17) is 21.3 Å². The van der Waals surface area contributed by atoms with Crippen molar-refractivity contribution >= 4 is 22.5 Å². The van der Waals surface area contributed by atoms with E-state index in [1.165, 1.54) is 11.1 Å². The van der Waals surface area contributed by atoms with Gasteiger partial charge in [0.25, 0.3) is 0 Å². The third kappa shape index (κ3) is 4.99. The van der Waals surface area contributed by atoms with E-state index in [0.717, 1.165) is 35.0 Å². The Hall–Kier alpha value is -2.89. The van der Waals surface area contributed by atoms with Gasteiger partial charge < -0.3 is 10.1 Å². The van der Waals surface area contributed by atoms with Crippen molar-refractivity contribution in [1.29, 1.82) is 0 Å². The molecule has 2 heterocycles. The molecule has 0 aliphatic heterocycles. The van der Waals surface area contributed by atoms with Crippen LogP contribution in [0, 0.1) is 6.92 Å². The number of hydrogen-bond donors (Lipinski definition) is 1. The fraction of sp³-hybridized carbons (Fsp3) is 0.250. The fourth-order valence-electron chi connectivity index (χ4n) is 3.39. The Morgan fingerprint density at radius 1 is 1.10 bits per heavy atom. The zero-order chi connectivity index (χ0) is 20.9. The van der Waals surface area contributed by atoms with E-state index in [1.807, 2.05) is 54.5 Å². The van der Waals surface area contributed by atoms with Crippen LogP contribution in [0.4, 0.5) is 0 Å². The summed E-state index contributed by atoms with van der Waals surface area (Å²) in [7, 11) is 1.93. The number of aromatic nitrogens is 3. The molecule has 0 amide bonds. The molecule has 2 aromatic carbocycles. The maximum atomic E-state index is 6.29. The first kappa shape index (κ1) is 20.4. The van der Waals surface area contributed by atoms with Crippen LogP contribution in [0.2, 0.25) is 5.02 Å². The molecule has 154 valence electrons. The molecule has 0 spiro atoms. The van der Waals surface area contributed by atoms with Crippen molar-refractivity contribution in [2.45, 2.75) is 26.5 Å². The lowest BCUT2D eigenvalue weighted by Crippen LogP contribution is -2.17. The molecule has 6 heteroatoms. The van der Waals surface area contributed by atoms with Crippen LogP contribution >= 0.6 is 11.6 Å². The summed E-state index contributed by atoms with van der Waals surface area (Å²) in [5.74, 6) is 0.639. The average Bonchev–Trinajstić information content (AvgIpc) is 3.15. The highest BCUT2D eigenvalue weighted by Crippen LogP contribution is 2.25. The van der Waals surface area contributed by atoms with Crippen molar-refractivity contribution < 1.29 is 4.74 Å². The minimum Gasteiger partial charge on any atom is -0.472 e. The predicted octanol–water partition coefficient (Wildman–Crippen LogP) is 4.84. The van der Waals surface area contributed by atoms with Gasteiger partial charge in [-0.15, -0.1) is 0 Å². The van der Waals surface area contributed by atoms with Crippen molar-refractivity contribution in [1.82, 2.24) is 20.1 Å². The molecule has 0 radical (unpaired) electrons. The first-order valence-electron chi connectivity index (χ1n) is 10.0. The lowest BCUT2D eigenvalue weighted by Gasteiger charge is -2.14. The number of aryl methyl sites for hydroxylation is 2. The second kappa shape index (κ2) is 9.28. The largest absolute Gasteiger partial charge is 0.472 e. The van der Waals surface area contributed by atoms with Crippen molar-refractivity contribution in [3.63, 3.8) is 0 Å². The summed E-state index contributed by atoms with van der Waals surface area (Å²) in [6.45, 7) is 4.00. The summed E-state index contributed by atoms with van der Waals surface area (Å²) in [5.41, 5.74) is 5.33. The van der Waals surface area contributed by atoms with Crippen LogP contribution < -0.4 is 10.1 Å². The van der Waals surface area contributed by atoms with E-state index in [2.05, 4.69) is 35.5 Å². The Morgan fingerprint density at radius 3 is 2.77 bits per heavy atom. The Bertz CT molecular complexity index is 1160. The van der Waals surface area contributed by atoms with E-state index in [0.29, 0.717) is 24.1 Å². The molecule has 0 aliphatic rings. The molecule has 5 nitrogen and oxygen atoms in total. The number of nitrogens with zero attached hydrogens (tertiary/aromatic N) is 3. The van der Waals surface area contributed by atoms with Gasteiger partial charge in [0.1, 0.15) is 6.61 Å². The number of halogens is 1. The van der Waals surface area contributed by atoms with Crippen LogP contribution in [0.1, 0.15) is 22.3 Å². The SMILES string of the molecule is Cc1ccc2nc(OCc3ccccc3Cl)c(CNCCc3cnn(C)c3)cc2c1. The van der Waals surface area contributed by atoms with Crippen LogP contribution in [-0.2, 0) is 26.6 Å². The molecular formula is C24H25ClN4O. The van der Waals surface area contributed by atoms with Gasteiger partial charge in [0.15, 0.2) is 0 Å². The first-order chi connectivity index (χ1) is 14.6. The number of nitrogens with one attached hydrogen (secondary N) is 1. The number of rotatable bonds is 8. The van der Waals surface area contributed by atoms with Gasteiger partial charge >= 0.3 is 0 Å². The van der Waals surface area contributed by atoms with Crippen LogP contribution in [0.5, 0.6) is 5.88 Å². The number of fused-ring (bicyclic) bond motifs is 1. The second-order valence-corrected chi connectivity index (χ2v) is 7.89. The molecule has 0 fully saturated rings. The van der Waals surface area contributed by atoms with Crippen LogP contribution in [-0.4, -0.2) is 21.3 Å². The standard InChI is InChI=1S/C24H25ClN4O/c1-17-7-8-23-20(11-17)12-21(14-26-10-9-18-13-27-29(2)15-18)24(28-23)30-16-19-5-3-4-6-22(19)25/h3-8,11-13,15,26H,9-10,14,16H2,1-2H3. The maximum absolute atomic E-state index is 6.29. The molecule has 4 rings (SSSR count). The van der Waals surface area contributed by atoms with Gasteiger partial charge in [0.2, 0.25) is 5.88 Å². The minimum absolute atomic E-state index is 0.382. The maximum Gasteiger partial charge on any atom is 0.218 e. The lowest BCUT2D eigenvalue weighted by atomic mass is 10.1. The Balaban J connectivity index is 1.50. The highest BCUT2D eigenvalue weighted by molar-refractivity contribution is 6.31. The van der Waals surface area contributed by atoms with E-state index < -0.39 is 0 Å². The Labute approximate surface area is 181 Å². The minimum atomic E-state index is 0.382. The van der Waals surface area contributed by atoms with Crippen molar-refractivity contribution in [3.05, 3.63) is 88.2 Å². The van der Waals surface area contributed by atoms with E-state index in [-0.39, 0.29) is 0 Å². The van der Waals surface area contributed by atoms with Crippen molar-refractivity contribution in [2.75, 3.05) is 6.54 Å². The van der Waals surface area contributed by atoms with Crippen molar-refractivity contribution in [3.8, 4) is 5.88 Å². The molecule has 30 heavy (non-hydrogen) atoms. The van der Waals surface area contributed by atoms with E-state index in [1.54, 1.807) is 0 Å². The van der Waals surface area contributed by atoms with Crippen LogP contribution in [0.15, 0.2) is 60.9 Å². The monoisotopic (exact) mass is 420 g/mol. The molecule has 1 N–H and O–H groups in total. The number of benzene rings is 2. The predicted molar refractivity (Wildman–Crippen MR) is 121 cm³/mol. The molecule has 0 saturated carbocycles. The van der Waals surface area contributed by atoms with Gasteiger partial charge in [-0.1, -0.05) is 41.4 Å². The summed E-state index contributed by atoms with van der Waals surface area (Å²) in [5, 5.41) is 9.54. The molecular weight excluding hydrogens is 396 g/mol. The summed E-state index contributed by atoms with van der Waals surface area (Å²) in [6.07, 6.45) is 4.87. The van der Waals surface area contributed by atoms with Gasteiger partial charge in [-0.3, -0.25) is 4.68 Å². The van der Waals surface area contributed by atoms with Crippen molar-refractivity contribution in [2.24, 2.45) is 7.05 Å². The van der Waals surface area contributed by atoms with Gasteiger partial charge in [-0.05, 0) is 49.7 Å². The summed E-state index contributed by atoms with van der Waals surface area (Å²) in [6, 6.07) is 16.1. The molecule has 4 aromatic rings. The average molecular weight is 421 g/mol. The quantitative estimate of drug-likeness (QED) is 0.414. The number of hydrogen-bond acceptors (Lipinski definition) is 4. The summed E-state index contributed by atoms with van der Waals surface area (Å²) >= 11 is 6.29. The van der Waals surface area contributed by atoms with Gasteiger partial charge in [-0.25, -0.2) is 4.98 Å². The highest BCUT2D eigenvalue weighted by atomic mass is 35.5. The normalized spacial score (nSPS) is 11.2. The third-order valence-corrected chi connectivity index (χ3v) is 5.36. The molecule has 0 atom stereocenters. The lowest BCUT2D eigenvalue weighted by molar-refractivity contribution is 0.291. The second-order valence-electron chi connectivity index (χ2n) is 7.48. The molecule has 0 aliphatic carbocycles. The Morgan fingerprint density at radius 2 is 1.97 bits per heavy atom. The molecule has 0 saturated heterocycles. The third-order valence-electron chi connectivity index (χ3n) is 5.00. The highest BCUT2D eigenvalue weighted by Gasteiger charge is 2.10. The smallest absolute Gasteiger partial charge is 0.218 e. The molecule has 2 aromatic heterocycles. The van der Waals surface area contributed by atoms with Gasteiger partial charge in [0, 0.05) is 41.3 Å².